The van der Waals surface area contributed by atoms with Crippen molar-refractivity contribution in [3.63, 3.8) is 0 Å². The van der Waals surface area contributed by atoms with Crippen molar-refractivity contribution >= 4 is 28.7 Å². The van der Waals surface area contributed by atoms with Crippen LogP contribution in [0.2, 0.25) is 0 Å². The summed E-state index contributed by atoms with van der Waals surface area (Å²) in [5.41, 5.74) is 7.91. The van der Waals surface area contributed by atoms with Crippen molar-refractivity contribution in [2.75, 3.05) is 38.3 Å². The number of hydrogen-bond donors (Lipinski definition) is 3. The third-order valence-electron chi connectivity index (χ3n) is 5.98. The first-order chi connectivity index (χ1) is 17.4. The fourth-order valence-electron chi connectivity index (χ4n) is 4.09. The van der Waals surface area contributed by atoms with Crippen LogP contribution < -0.4 is 30.2 Å². The summed E-state index contributed by atoms with van der Waals surface area (Å²) in [7, 11) is 1.48. The number of nitrogens with two attached hydrogens (primary N) is 1. The number of carbonyl (C=O) groups is 2. The van der Waals surface area contributed by atoms with Gasteiger partial charge in [-0.25, -0.2) is 9.78 Å². The number of aliphatic hydroxyl groups is 1. The van der Waals surface area contributed by atoms with Gasteiger partial charge in [0.1, 0.15) is 31.5 Å². The summed E-state index contributed by atoms with van der Waals surface area (Å²) < 4.78 is 21.6. The standard InChI is InChI=1S/C24H25N5O7/c1-33-19-5-3-16-21(28-19)15(6-7-26-16)22(30)20(25)23(31)27-11-14-12-29(24(32)36-14)13-2-4-17-18(10-13)35-9-8-34-17/h2-7,10,14,20,22,30H,8-9,11-12,25H2,1H3,(H,27,31)/t14-,20-,22+/m1/s1. The fourth-order valence-corrected chi connectivity index (χ4v) is 4.09. The second-order valence-corrected chi connectivity index (χ2v) is 8.28. The predicted molar refractivity (Wildman–Crippen MR) is 127 cm³/mol. The number of nitrogens with zero attached hydrogens (tertiary/aromatic N) is 3. The third kappa shape index (κ3) is 4.55. The van der Waals surface area contributed by atoms with E-state index in [0.29, 0.717) is 52.9 Å². The average molecular weight is 495 g/mol. The Bertz CT molecular complexity index is 1300. The van der Waals surface area contributed by atoms with Crippen molar-refractivity contribution in [3.05, 3.63) is 48.2 Å². The summed E-state index contributed by atoms with van der Waals surface area (Å²) in [5.74, 6) is 0.903. The number of fused-ring (bicyclic) bond motifs is 2. The molecular formula is C24H25N5O7. The van der Waals surface area contributed by atoms with Crippen molar-refractivity contribution in [1.82, 2.24) is 15.3 Å². The number of pyridine rings is 2. The number of cyclic esters (lactones) is 1. The molecule has 5 rings (SSSR count). The normalized spacial score (nSPS) is 18.5. The summed E-state index contributed by atoms with van der Waals surface area (Å²) in [6.07, 6.45) is -0.995. The van der Waals surface area contributed by atoms with Gasteiger partial charge in [0.05, 0.1) is 36.9 Å². The molecule has 3 atom stereocenters. The number of ether oxygens (including phenoxy) is 4. The van der Waals surface area contributed by atoms with Crippen LogP contribution in [0.4, 0.5) is 10.5 Å². The van der Waals surface area contributed by atoms with Crippen LogP contribution in [0.1, 0.15) is 11.7 Å². The minimum absolute atomic E-state index is 0.0230. The zero-order chi connectivity index (χ0) is 25.2. The second kappa shape index (κ2) is 9.84. The van der Waals surface area contributed by atoms with Crippen molar-refractivity contribution < 1.29 is 33.6 Å². The Morgan fingerprint density at radius 2 is 2.06 bits per heavy atom. The van der Waals surface area contributed by atoms with E-state index in [9.17, 15) is 14.7 Å². The van der Waals surface area contributed by atoms with Crippen molar-refractivity contribution in [2.45, 2.75) is 18.2 Å². The molecule has 1 aromatic carbocycles. The molecule has 0 radical (unpaired) electrons. The number of carbonyl (C=O) groups excluding carboxylic acids is 2. The maximum atomic E-state index is 12.7. The number of nitrogens with one attached hydrogen (secondary N) is 1. The van der Waals surface area contributed by atoms with Gasteiger partial charge < -0.3 is 35.1 Å². The molecule has 12 nitrogen and oxygen atoms in total. The lowest BCUT2D eigenvalue weighted by atomic mass is 10.0. The van der Waals surface area contributed by atoms with Gasteiger partial charge in [0.2, 0.25) is 11.8 Å². The van der Waals surface area contributed by atoms with E-state index < -0.39 is 30.3 Å². The monoisotopic (exact) mass is 495 g/mol. The van der Waals surface area contributed by atoms with E-state index in [2.05, 4.69) is 15.3 Å². The number of aliphatic hydroxyl groups excluding tert-OH is 1. The van der Waals surface area contributed by atoms with Crippen molar-refractivity contribution in [2.24, 2.45) is 5.73 Å². The van der Waals surface area contributed by atoms with E-state index in [4.69, 9.17) is 24.7 Å². The molecule has 4 N–H and O–H groups in total. The van der Waals surface area contributed by atoms with Crippen LogP contribution in [0, 0.1) is 0 Å². The molecule has 0 saturated carbocycles. The van der Waals surface area contributed by atoms with Crippen LogP contribution in [0.15, 0.2) is 42.6 Å². The lowest BCUT2D eigenvalue weighted by Gasteiger charge is -2.21. The lowest BCUT2D eigenvalue weighted by molar-refractivity contribution is -0.125. The fraction of sp³-hybridized carbons (Fsp3) is 0.333. The van der Waals surface area contributed by atoms with Crippen LogP contribution in [0.5, 0.6) is 17.4 Å². The van der Waals surface area contributed by atoms with Crippen molar-refractivity contribution in [1.29, 1.82) is 0 Å². The molecule has 0 aliphatic carbocycles. The van der Waals surface area contributed by atoms with Crippen LogP contribution >= 0.6 is 0 Å². The number of rotatable bonds is 7. The number of methoxy groups -OCH3 is 1. The Hall–Kier alpha value is -4.16. The van der Waals surface area contributed by atoms with E-state index in [1.807, 2.05) is 0 Å². The number of hydrogen-bond acceptors (Lipinski definition) is 10. The predicted octanol–water partition coefficient (Wildman–Crippen LogP) is 0.912. The van der Waals surface area contributed by atoms with Gasteiger partial charge in [-0.2, -0.15) is 0 Å². The van der Waals surface area contributed by atoms with E-state index in [1.54, 1.807) is 36.4 Å². The highest BCUT2D eigenvalue weighted by Crippen LogP contribution is 2.35. The molecular weight excluding hydrogens is 470 g/mol. The van der Waals surface area contributed by atoms with Gasteiger partial charge in [0, 0.05) is 23.9 Å². The topological polar surface area (TPSA) is 158 Å². The largest absolute Gasteiger partial charge is 0.486 e. The van der Waals surface area contributed by atoms with Gasteiger partial charge in [-0.15, -0.1) is 0 Å². The highest BCUT2D eigenvalue weighted by Gasteiger charge is 2.34. The Balaban J connectivity index is 1.22. The Morgan fingerprint density at radius 3 is 2.86 bits per heavy atom. The van der Waals surface area contributed by atoms with Gasteiger partial charge in [-0.05, 0) is 24.3 Å². The quantitative estimate of drug-likeness (QED) is 0.430. The summed E-state index contributed by atoms with van der Waals surface area (Å²) in [6.45, 7) is 1.14. The van der Waals surface area contributed by atoms with Crippen LogP contribution in [0.25, 0.3) is 11.0 Å². The number of benzene rings is 1. The molecule has 12 heteroatoms. The lowest BCUT2D eigenvalue weighted by Crippen LogP contribution is -2.47. The summed E-state index contributed by atoms with van der Waals surface area (Å²) in [5, 5.41) is 13.5. The Labute approximate surface area is 205 Å². The molecule has 188 valence electrons. The first-order valence-corrected chi connectivity index (χ1v) is 11.3. The minimum Gasteiger partial charge on any atom is -0.486 e. The second-order valence-electron chi connectivity index (χ2n) is 8.28. The highest BCUT2D eigenvalue weighted by atomic mass is 16.6. The van der Waals surface area contributed by atoms with Gasteiger partial charge >= 0.3 is 6.09 Å². The van der Waals surface area contributed by atoms with Gasteiger partial charge in [-0.1, -0.05) is 0 Å². The molecule has 0 unspecified atom stereocenters. The molecule has 2 aromatic heterocycles. The Morgan fingerprint density at radius 1 is 1.25 bits per heavy atom. The van der Waals surface area contributed by atoms with E-state index in [-0.39, 0.29) is 13.1 Å². The maximum absolute atomic E-state index is 12.7. The molecule has 3 aromatic rings. The summed E-state index contributed by atoms with van der Waals surface area (Å²) >= 11 is 0. The average Bonchev–Trinajstić information content (AvgIpc) is 3.30. The Kier molecular flexibility index (Phi) is 6.44. The molecule has 36 heavy (non-hydrogen) atoms. The highest BCUT2D eigenvalue weighted by molar-refractivity contribution is 5.90. The zero-order valence-corrected chi connectivity index (χ0v) is 19.4. The van der Waals surface area contributed by atoms with Gasteiger partial charge in [0.25, 0.3) is 0 Å². The molecule has 1 fully saturated rings. The molecule has 2 aliphatic rings. The van der Waals surface area contributed by atoms with Gasteiger partial charge in [-0.3, -0.25) is 14.7 Å². The maximum Gasteiger partial charge on any atom is 0.414 e. The molecule has 0 bridgehead atoms. The van der Waals surface area contributed by atoms with E-state index in [1.165, 1.54) is 18.2 Å². The number of aromatic nitrogens is 2. The number of anilines is 1. The minimum atomic E-state index is -1.35. The van der Waals surface area contributed by atoms with Gasteiger partial charge in [0.15, 0.2) is 11.5 Å². The number of amides is 2. The van der Waals surface area contributed by atoms with Crippen LogP contribution in [-0.4, -0.2) is 72.6 Å². The smallest absolute Gasteiger partial charge is 0.414 e. The molecule has 2 amide bonds. The van der Waals surface area contributed by atoms with Crippen LogP contribution in [-0.2, 0) is 9.53 Å². The first kappa shape index (κ1) is 23.6. The van der Waals surface area contributed by atoms with Crippen LogP contribution in [0.3, 0.4) is 0 Å². The third-order valence-corrected chi connectivity index (χ3v) is 5.98. The first-order valence-electron chi connectivity index (χ1n) is 11.3. The van der Waals surface area contributed by atoms with Crippen molar-refractivity contribution in [3.8, 4) is 17.4 Å². The molecule has 1 saturated heterocycles. The summed E-state index contributed by atoms with van der Waals surface area (Å²) in [4.78, 5) is 35.2. The molecule has 4 heterocycles. The molecule has 0 spiro atoms. The zero-order valence-electron chi connectivity index (χ0n) is 19.4. The summed E-state index contributed by atoms with van der Waals surface area (Å²) in [6, 6.07) is 8.79. The van der Waals surface area contributed by atoms with E-state index in [0.717, 1.165) is 0 Å². The SMILES string of the molecule is COc1ccc2nccc([C@H](O)[C@@H](N)C(=O)NC[C@@H]3CN(c4ccc5c(c4)OCCO5)C(=O)O3)c2n1. The van der Waals surface area contributed by atoms with E-state index >= 15 is 0 Å². The molecule has 2 aliphatic heterocycles.